The molecule has 0 bridgehead atoms. The minimum atomic E-state index is 0.0160. The lowest BCUT2D eigenvalue weighted by atomic mass is 9.97. The number of hydrogen-bond donors (Lipinski definition) is 1. The molecule has 3 aromatic rings. The second kappa shape index (κ2) is 7.79. The predicted octanol–water partition coefficient (Wildman–Crippen LogP) is 3.21. The van der Waals surface area contributed by atoms with Crippen LogP contribution >= 0.6 is 11.3 Å². The van der Waals surface area contributed by atoms with Crippen molar-refractivity contribution in [3.8, 4) is 17.0 Å². The van der Waals surface area contributed by atoms with E-state index < -0.39 is 0 Å². The Balaban J connectivity index is 1.50. The first-order valence-corrected chi connectivity index (χ1v) is 10.4. The lowest BCUT2D eigenvalue weighted by Crippen LogP contribution is -2.44. The van der Waals surface area contributed by atoms with Gasteiger partial charge in [0.2, 0.25) is 16.0 Å². The van der Waals surface area contributed by atoms with Gasteiger partial charge in [0.05, 0.1) is 24.9 Å². The molecule has 1 fully saturated rings. The van der Waals surface area contributed by atoms with Crippen LogP contribution in [0.4, 0.5) is 5.13 Å². The molecule has 28 heavy (non-hydrogen) atoms. The van der Waals surface area contributed by atoms with Crippen molar-refractivity contribution in [1.82, 2.24) is 19.9 Å². The third kappa shape index (κ3) is 3.82. The summed E-state index contributed by atoms with van der Waals surface area (Å²) in [4.78, 5) is 20.2. The zero-order valence-corrected chi connectivity index (χ0v) is 17.2. The molecule has 1 N–H and O–H groups in total. The smallest absolute Gasteiger partial charge is 0.225 e. The Bertz CT molecular complexity index is 931. The zero-order chi connectivity index (χ0) is 19.7. The van der Waals surface area contributed by atoms with E-state index in [0.717, 1.165) is 46.5 Å². The van der Waals surface area contributed by atoms with E-state index in [2.05, 4.69) is 10.2 Å². The first-order chi connectivity index (χ1) is 13.5. The van der Waals surface area contributed by atoms with Crippen LogP contribution in [-0.4, -0.2) is 46.7 Å². The molecule has 1 saturated heterocycles. The van der Waals surface area contributed by atoms with Crippen LogP contribution in [0, 0.1) is 5.92 Å². The largest absolute Gasteiger partial charge is 0.497 e. The van der Waals surface area contributed by atoms with Crippen LogP contribution in [0.3, 0.4) is 0 Å². The second-order valence-electron chi connectivity index (χ2n) is 7.41. The highest BCUT2D eigenvalue weighted by Crippen LogP contribution is 2.30. The Hall–Kier alpha value is -2.61. The first-order valence-electron chi connectivity index (χ1n) is 9.59. The fourth-order valence-electron chi connectivity index (χ4n) is 3.49. The molecular formula is C20H25N5O2S. The van der Waals surface area contributed by atoms with Gasteiger partial charge in [-0.05, 0) is 51.0 Å². The van der Waals surface area contributed by atoms with E-state index in [1.54, 1.807) is 18.4 Å². The third-order valence-corrected chi connectivity index (χ3v) is 5.90. The molecule has 0 spiro atoms. The van der Waals surface area contributed by atoms with E-state index in [9.17, 15) is 4.79 Å². The molecule has 1 amide bonds. The molecule has 1 atom stereocenters. The van der Waals surface area contributed by atoms with Crippen LogP contribution in [0.2, 0.25) is 0 Å². The van der Waals surface area contributed by atoms with E-state index in [1.807, 2.05) is 48.8 Å². The Morgan fingerprint density at radius 1 is 1.32 bits per heavy atom. The van der Waals surface area contributed by atoms with E-state index in [1.165, 1.54) is 0 Å². The van der Waals surface area contributed by atoms with Crippen LogP contribution in [0.15, 0.2) is 30.5 Å². The van der Waals surface area contributed by atoms with Crippen molar-refractivity contribution in [2.24, 2.45) is 5.92 Å². The number of rotatable bonds is 5. The molecule has 0 unspecified atom stereocenters. The number of aromatic nitrogens is 3. The lowest BCUT2D eigenvalue weighted by Gasteiger charge is -2.31. The van der Waals surface area contributed by atoms with Gasteiger partial charge < -0.3 is 15.0 Å². The maximum Gasteiger partial charge on any atom is 0.225 e. The van der Waals surface area contributed by atoms with Crippen LogP contribution < -0.4 is 15.0 Å². The number of methoxy groups -OCH3 is 1. The normalized spacial score (nSPS) is 17.3. The number of anilines is 1. The Morgan fingerprint density at radius 2 is 2.11 bits per heavy atom. The maximum atomic E-state index is 12.4. The average molecular weight is 400 g/mol. The van der Waals surface area contributed by atoms with Gasteiger partial charge >= 0.3 is 0 Å². The number of imidazole rings is 1. The fraction of sp³-hybridized carbons (Fsp3) is 0.450. The number of hydrogen-bond acceptors (Lipinski definition) is 6. The standard InChI is InChI=1S/C20H25N5O2S/c1-13(2)21-18(26)15-5-4-10-24(11-15)20-23-25-12-17(22-19(25)28-20)14-6-8-16(27-3)9-7-14/h6-9,12-13,15H,4-5,10-11H2,1-3H3,(H,21,26)/t15-/m0/s1. The second-order valence-corrected chi connectivity index (χ2v) is 8.35. The quantitative estimate of drug-likeness (QED) is 0.713. The molecule has 1 aromatic carbocycles. The van der Waals surface area contributed by atoms with Gasteiger partial charge in [0, 0.05) is 24.7 Å². The molecule has 148 valence electrons. The molecule has 1 aliphatic heterocycles. The van der Waals surface area contributed by atoms with Gasteiger partial charge in [0.15, 0.2) is 0 Å². The minimum Gasteiger partial charge on any atom is -0.497 e. The molecule has 0 saturated carbocycles. The van der Waals surface area contributed by atoms with Gasteiger partial charge in [-0.1, -0.05) is 11.3 Å². The molecule has 1 aliphatic rings. The van der Waals surface area contributed by atoms with Gasteiger partial charge in [-0.2, -0.15) is 0 Å². The zero-order valence-electron chi connectivity index (χ0n) is 16.4. The molecule has 8 heteroatoms. The number of fused-ring (bicyclic) bond motifs is 1. The number of piperidine rings is 1. The SMILES string of the molecule is COc1ccc(-c2cn3nc(N4CCC[C@H](C(=O)NC(C)C)C4)sc3n2)cc1. The van der Waals surface area contributed by atoms with E-state index >= 15 is 0 Å². The van der Waals surface area contributed by atoms with Crippen molar-refractivity contribution in [3.63, 3.8) is 0 Å². The predicted molar refractivity (Wildman–Crippen MR) is 111 cm³/mol. The van der Waals surface area contributed by atoms with Gasteiger partial charge in [-0.15, -0.1) is 5.10 Å². The Labute approximate surface area is 168 Å². The van der Waals surface area contributed by atoms with Crippen molar-refractivity contribution >= 4 is 27.3 Å². The van der Waals surface area contributed by atoms with Gasteiger partial charge in [-0.3, -0.25) is 4.79 Å². The molecule has 2 aromatic heterocycles. The Kier molecular flexibility index (Phi) is 5.21. The molecule has 7 nitrogen and oxygen atoms in total. The molecular weight excluding hydrogens is 374 g/mol. The highest BCUT2D eigenvalue weighted by atomic mass is 32.1. The summed E-state index contributed by atoms with van der Waals surface area (Å²) in [5.41, 5.74) is 1.92. The molecule has 3 heterocycles. The highest BCUT2D eigenvalue weighted by molar-refractivity contribution is 7.20. The molecule has 0 radical (unpaired) electrons. The summed E-state index contributed by atoms with van der Waals surface area (Å²) in [6.07, 6.45) is 3.87. The summed E-state index contributed by atoms with van der Waals surface area (Å²) in [7, 11) is 1.66. The third-order valence-electron chi connectivity index (χ3n) is 4.91. The number of nitrogens with one attached hydrogen (secondary N) is 1. The van der Waals surface area contributed by atoms with Crippen molar-refractivity contribution in [2.75, 3.05) is 25.1 Å². The number of nitrogens with zero attached hydrogens (tertiary/aromatic N) is 4. The Morgan fingerprint density at radius 3 is 2.79 bits per heavy atom. The summed E-state index contributed by atoms with van der Waals surface area (Å²) in [5.74, 6) is 0.983. The van der Waals surface area contributed by atoms with E-state index in [0.29, 0.717) is 6.54 Å². The number of ether oxygens (including phenoxy) is 1. The summed E-state index contributed by atoms with van der Waals surface area (Å²) in [6, 6.07) is 8.02. The summed E-state index contributed by atoms with van der Waals surface area (Å²) in [5, 5.41) is 8.67. The minimum absolute atomic E-state index is 0.0160. The highest BCUT2D eigenvalue weighted by Gasteiger charge is 2.28. The molecule has 0 aliphatic carbocycles. The monoisotopic (exact) mass is 399 g/mol. The van der Waals surface area contributed by atoms with Crippen LogP contribution in [0.1, 0.15) is 26.7 Å². The lowest BCUT2D eigenvalue weighted by molar-refractivity contribution is -0.125. The average Bonchev–Trinajstić information content (AvgIpc) is 3.27. The van der Waals surface area contributed by atoms with E-state index in [4.69, 9.17) is 14.8 Å². The van der Waals surface area contributed by atoms with Gasteiger partial charge in [-0.25, -0.2) is 9.50 Å². The van der Waals surface area contributed by atoms with Gasteiger partial charge in [0.25, 0.3) is 0 Å². The maximum absolute atomic E-state index is 12.4. The number of carbonyl (C=O) groups excluding carboxylic acids is 1. The van der Waals surface area contributed by atoms with Crippen molar-refractivity contribution < 1.29 is 9.53 Å². The summed E-state index contributed by atoms with van der Waals surface area (Å²) < 4.78 is 7.04. The summed E-state index contributed by atoms with van der Waals surface area (Å²) >= 11 is 1.56. The summed E-state index contributed by atoms with van der Waals surface area (Å²) in [6.45, 7) is 5.62. The fourth-order valence-corrected chi connectivity index (χ4v) is 4.40. The van der Waals surface area contributed by atoms with Crippen LogP contribution in [0.25, 0.3) is 16.2 Å². The van der Waals surface area contributed by atoms with E-state index in [-0.39, 0.29) is 17.9 Å². The van der Waals surface area contributed by atoms with Crippen molar-refractivity contribution in [2.45, 2.75) is 32.7 Å². The van der Waals surface area contributed by atoms with Crippen molar-refractivity contribution in [3.05, 3.63) is 30.5 Å². The molecule has 4 rings (SSSR count). The first kappa shape index (κ1) is 18.7. The van der Waals surface area contributed by atoms with Crippen molar-refractivity contribution in [1.29, 1.82) is 0 Å². The number of carbonyl (C=O) groups is 1. The topological polar surface area (TPSA) is 71.8 Å². The number of benzene rings is 1. The van der Waals surface area contributed by atoms with Crippen LogP contribution in [-0.2, 0) is 4.79 Å². The van der Waals surface area contributed by atoms with Gasteiger partial charge in [0.1, 0.15) is 5.75 Å². The number of amides is 1. The van der Waals surface area contributed by atoms with Crippen LogP contribution in [0.5, 0.6) is 5.75 Å².